The molecule has 1 aliphatic heterocycles. The van der Waals surface area contributed by atoms with Crippen LogP contribution in [-0.4, -0.2) is 36.0 Å². The van der Waals surface area contributed by atoms with Crippen LogP contribution in [0.1, 0.15) is 51.9 Å². The Morgan fingerprint density at radius 3 is 2.68 bits per heavy atom. The van der Waals surface area contributed by atoms with Gasteiger partial charge in [0, 0.05) is 11.3 Å². The largest absolute Gasteiger partial charge is 0.352 e. The summed E-state index contributed by atoms with van der Waals surface area (Å²) in [6, 6.07) is 0.444. The molecular formula is C15H28N2OS. The van der Waals surface area contributed by atoms with E-state index in [-0.39, 0.29) is 5.91 Å². The highest BCUT2D eigenvalue weighted by Gasteiger charge is 2.25. The summed E-state index contributed by atoms with van der Waals surface area (Å²) < 4.78 is 0. The van der Waals surface area contributed by atoms with Crippen molar-refractivity contribution in [3.8, 4) is 0 Å². The molecule has 1 saturated carbocycles. The zero-order valence-corrected chi connectivity index (χ0v) is 12.9. The van der Waals surface area contributed by atoms with Crippen molar-refractivity contribution >= 4 is 17.7 Å². The molecule has 2 aliphatic rings. The second kappa shape index (κ2) is 8.15. The highest BCUT2D eigenvalue weighted by molar-refractivity contribution is 8.00. The molecule has 2 atom stereocenters. The van der Waals surface area contributed by atoms with Gasteiger partial charge in [0.2, 0.25) is 5.91 Å². The molecule has 1 heterocycles. The SMILES string of the molecule is CCC1CCCCC1NC(=O)CSC1CCNCC1. The Morgan fingerprint density at radius 2 is 1.95 bits per heavy atom. The first-order chi connectivity index (χ1) is 9.29. The van der Waals surface area contributed by atoms with Gasteiger partial charge in [-0.05, 0) is 44.7 Å². The number of carbonyl (C=O) groups is 1. The Bertz CT molecular complexity index is 279. The molecule has 0 bridgehead atoms. The van der Waals surface area contributed by atoms with Gasteiger partial charge in [0.15, 0.2) is 0 Å². The smallest absolute Gasteiger partial charge is 0.230 e. The van der Waals surface area contributed by atoms with Crippen molar-refractivity contribution in [1.82, 2.24) is 10.6 Å². The molecule has 0 spiro atoms. The molecule has 1 saturated heterocycles. The summed E-state index contributed by atoms with van der Waals surface area (Å²) in [7, 11) is 0. The van der Waals surface area contributed by atoms with E-state index in [1.54, 1.807) is 0 Å². The van der Waals surface area contributed by atoms with Crippen molar-refractivity contribution in [3.63, 3.8) is 0 Å². The summed E-state index contributed by atoms with van der Waals surface area (Å²) >= 11 is 1.85. The molecule has 0 aromatic heterocycles. The molecule has 2 rings (SSSR count). The number of hydrogen-bond acceptors (Lipinski definition) is 3. The van der Waals surface area contributed by atoms with Crippen molar-refractivity contribution in [2.75, 3.05) is 18.8 Å². The maximum atomic E-state index is 12.1. The zero-order chi connectivity index (χ0) is 13.5. The monoisotopic (exact) mass is 284 g/mol. The minimum Gasteiger partial charge on any atom is -0.352 e. The number of carbonyl (C=O) groups excluding carboxylic acids is 1. The van der Waals surface area contributed by atoms with Crippen molar-refractivity contribution < 1.29 is 4.79 Å². The van der Waals surface area contributed by atoms with E-state index in [2.05, 4.69) is 17.6 Å². The highest BCUT2D eigenvalue weighted by Crippen LogP contribution is 2.27. The normalized spacial score (nSPS) is 29.1. The topological polar surface area (TPSA) is 41.1 Å². The lowest BCUT2D eigenvalue weighted by atomic mass is 9.83. The van der Waals surface area contributed by atoms with Gasteiger partial charge in [-0.3, -0.25) is 4.79 Å². The molecule has 1 amide bonds. The number of thioether (sulfide) groups is 1. The lowest BCUT2D eigenvalue weighted by Gasteiger charge is -2.31. The van der Waals surface area contributed by atoms with E-state index < -0.39 is 0 Å². The van der Waals surface area contributed by atoms with Gasteiger partial charge in [0.05, 0.1) is 5.75 Å². The molecule has 2 N–H and O–H groups in total. The highest BCUT2D eigenvalue weighted by atomic mass is 32.2. The van der Waals surface area contributed by atoms with Crippen LogP contribution >= 0.6 is 11.8 Å². The second-order valence-electron chi connectivity index (χ2n) is 5.89. The summed E-state index contributed by atoms with van der Waals surface area (Å²) in [5.74, 6) is 1.62. The third-order valence-electron chi connectivity index (χ3n) is 4.52. The van der Waals surface area contributed by atoms with Gasteiger partial charge in [-0.2, -0.15) is 0 Å². The molecule has 2 fully saturated rings. The van der Waals surface area contributed by atoms with E-state index >= 15 is 0 Å². The third-order valence-corrected chi connectivity index (χ3v) is 5.89. The number of rotatable bonds is 5. The van der Waals surface area contributed by atoms with Crippen LogP contribution < -0.4 is 10.6 Å². The quantitative estimate of drug-likeness (QED) is 0.815. The minimum atomic E-state index is 0.258. The molecule has 0 radical (unpaired) electrons. The summed E-state index contributed by atoms with van der Waals surface area (Å²) in [6.07, 6.45) is 8.72. The van der Waals surface area contributed by atoms with Gasteiger partial charge >= 0.3 is 0 Å². The maximum Gasteiger partial charge on any atom is 0.230 e. The number of nitrogens with one attached hydrogen (secondary N) is 2. The molecule has 2 unspecified atom stereocenters. The predicted octanol–water partition coefficient (Wildman–Crippen LogP) is 2.56. The fraction of sp³-hybridized carbons (Fsp3) is 0.933. The average molecular weight is 284 g/mol. The molecule has 4 heteroatoms. The van der Waals surface area contributed by atoms with E-state index in [1.807, 2.05) is 11.8 Å². The lowest BCUT2D eigenvalue weighted by molar-refractivity contribution is -0.119. The molecule has 0 aromatic rings. The van der Waals surface area contributed by atoms with Crippen LogP contribution in [0.25, 0.3) is 0 Å². The first kappa shape index (κ1) is 15.2. The van der Waals surface area contributed by atoms with Gasteiger partial charge in [-0.15, -0.1) is 11.8 Å². The molecule has 1 aliphatic carbocycles. The van der Waals surface area contributed by atoms with E-state index in [9.17, 15) is 4.79 Å². The van der Waals surface area contributed by atoms with E-state index in [0.29, 0.717) is 23.0 Å². The molecule has 19 heavy (non-hydrogen) atoms. The summed E-state index contributed by atoms with van der Waals surface area (Å²) in [6.45, 7) is 4.47. The third kappa shape index (κ3) is 4.99. The number of amides is 1. The number of piperidine rings is 1. The zero-order valence-electron chi connectivity index (χ0n) is 12.1. The van der Waals surface area contributed by atoms with Crippen LogP contribution in [0.3, 0.4) is 0 Å². The van der Waals surface area contributed by atoms with E-state index in [0.717, 1.165) is 13.1 Å². The lowest BCUT2D eigenvalue weighted by Crippen LogP contribution is -2.43. The van der Waals surface area contributed by atoms with Crippen molar-refractivity contribution in [3.05, 3.63) is 0 Å². The van der Waals surface area contributed by atoms with Gasteiger partial charge in [-0.1, -0.05) is 26.2 Å². The minimum absolute atomic E-state index is 0.258. The molecule has 3 nitrogen and oxygen atoms in total. The Hall–Kier alpha value is -0.220. The van der Waals surface area contributed by atoms with Crippen molar-refractivity contribution in [2.45, 2.75) is 63.2 Å². The summed E-state index contributed by atoms with van der Waals surface area (Å²) in [4.78, 5) is 12.1. The maximum absolute atomic E-state index is 12.1. The van der Waals surface area contributed by atoms with Crippen molar-refractivity contribution in [2.24, 2.45) is 5.92 Å². The summed E-state index contributed by atoms with van der Waals surface area (Å²) in [5, 5.41) is 7.33. The van der Waals surface area contributed by atoms with E-state index in [1.165, 1.54) is 44.9 Å². The van der Waals surface area contributed by atoms with Gasteiger partial charge < -0.3 is 10.6 Å². The Labute approximate surface area is 121 Å². The predicted molar refractivity (Wildman–Crippen MR) is 82.5 cm³/mol. The Balaban J connectivity index is 1.67. The van der Waals surface area contributed by atoms with Crippen LogP contribution in [0.2, 0.25) is 0 Å². The van der Waals surface area contributed by atoms with Gasteiger partial charge in [0.25, 0.3) is 0 Å². The van der Waals surface area contributed by atoms with Crippen LogP contribution in [-0.2, 0) is 4.79 Å². The fourth-order valence-corrected chi connectivity index (χ4v) is 4.33. The number of hydrogen-bond donors (Lipinski definition) is 2. The van der Waals surface area contributed by atoms with Crippen LogP contribution in [0.15, 0.2) is 0 Å². The Kier molecular flexibility index (Phi) is 6.51. The molecule has 0 aromatic carbocycles. The van der Waals surface area contributed by atoms with Crippen LogP contribution in [0.4, 0.5) is 0 Å². The van der Waals surface area contributed by atoms with Gasteiger partial charge in [0.1, 0.15) is 0 Å². The van der Waals surface area contributed by atoms with Crippen molar-refractivity contribution in [1.29, 1.82) is 0 Å². The molecular weight excluding hydrogens is 256 g/mol. The summed E-state index contributed by atoms with van der Waals surface area (Å²) in [5.41, 5.74) is 0. The standard InChI is InChI=1S/C15H28N2OS/c1-2-12-5-3-4-6-14(12)17-15(18)11-19-13-7-9-16-10-8-13/h12-14,16H,2-11H2,1H3,(H,17,18). The second-order valence-corrected chi connectivity index (χ2v) is 7.18. The first-order valence-electron chi connectivity index (χ1n) is 7.91. The van der Waals surface area contributed by atoms with Crippen LogP contribution in [0, 0.1) is 5.92 Å². The fourth-order valence-electron chi connectivity index (χ4n) is 3.29. The molecule has 110 valence electrons. The Morgan fingerprint density at radius 1 is 1.21 bits per heavy atom. The van der Waals surface area contributed by atoms with Gasteiger partial charge in [-0.25, -0.2) is 0 Å². The van der Waals surface area contributed by atoms with Crippen LogP contribution in [0.5, 0.6) is 0 Å². The first-order valence-corrected chi connectivity index (χ1v) is 8.96. The van der Waals surface area contributed by atoms with E-state index in [4.69, 9.17) is 0 Å². The average Bonchev–Trinajstić information content (AvgIpc) is 2.47.